The Balaban J connectivity index is 1.79. The number of hydrogen-bond acceptors (Lipinski definition) is 3. The quantitative estimate of drug-likeness (QED) is 0.854. The lowest BCUT2D eigenvalue weighted by atomic mass is 10.1. The number of carbonyl (C=O) groups is 2. The van der Waals surface area contributed by atoms with Gasteiger partial charge in [0, 0.05) is 5.69 Å². The van der Waals surface area contributed by atoms with Crippen LogP contribution >= 0.6 is 0 Å². The van der Waals surface area contributed by atoms with E-state index in [1.807, 2.05) is 26.0 Å². The minimum absolute atomic E-state index is 0.00887. The van der Waals surface area contributed by atoms with Crippen molar-refractivity contribution in [2.75, 3.05) is 44.6 Å². The molecule has 2 rings (SSSR count). The molecule has 1 aliphatic heterocycles. The molecule has 0 radical (unpaired) electrons. The molecule has 1 fully saturated rings. The number of aryl methyl sites for hydroxylation is 2. The first kappa shape index (κ1) is 17.3. The molecule has 0 bridgehead atoms. The molecule has 0 aliphatic carbocycles. The zero-order valence-electron chi connectivity index (χ0n) is 14.1. The number of quaternary nitrogens is 1. The summed E-state index contributed by atoms with van der Waals surface area (Å²) in [6, 6.07) is 6.02. The number of piperazine rings is 1. The topological polar surface area (TPSA) is 63.1 Å². The molecule has 2 N–H and O–H groups in total. The van der Waals surface area contributed by atoms with Crippen LogP contribution in [0.3, 0.4) is 0 Å². The average molecular weight is 320 g/mol. The van der Waals surface area contributed by atoms with Crippen LogP contribution in [0.1, 0.15) is 18.1 Å². The van der Waals surface area contributed by atoms with Gasteiger partial charge in [-0.1, -0.05) is 6.07 Å². The van der Waals surface area contributed by atoms with Gasteiger partial charge in [0.25, 0.3) is 5.91 Å². The Morgan fingerprint density at radius 2 is 1.78 bits per heavy atom. The minimum Gasteiger partial charge on any atom is -0.450 e. The fraction of sp³-hybridized carbons (Fsp3) is 0.529. The summed E-state index contributed by atoms with van der Waals surface area (Å²) in [5, 5.41) is 2.96. The first-order chi connectivity index (χ1) is 11.0. The molecular formula is C17H26N3O3+. The zero-order valence-corrected chi connectivity index (χ0v) is 14.1. The number of amides is 2. The van der Waals surface area contributed by atoms with Gasteiger partial charge in [-0.05, 0) is 44.0 Å². The Bertz CT molecular complexity index is 546. The van der Waals surface area contributed by atoms with Gasteiger partial charge < -0.3 is 15.0 Å². The minimum atomic E-state index is -0.258. The van der Waals surface area contributed by atoms with E-state index in [2.05, 4.69) is 11.4 Å². The molecule has 2 amide bonds. The Kier molecular flexibility index (Phi) is 5.98. The van der Waals surface area contributed by atoms with Crippen molar-refractivity contribution < 1.29 is 19.2 Å². The highest BCUT2D eigenvalue weighted by atomic mass is 16.6. The van der Waals surface area contributed by atoms with Crippen LogP contribution in [0.4, 0.5) is 10.5 Å². The molecule has 1 saturated heterocycles. The van der Waals surface area contributed by atoms with Crippen molar-refractivity contribution in [2.45, 2.75) is 20.8 Å². The van der Waals surface area contributed by atoms with Gasteiger partial charge in [0.05, 0.1) is 32.8 Å². The van der Waals surface area contributed by atoms with Crippen molar-refractivity contribution in [3.8, 4) is 0 Å². The number of rotatable bonds is 4. The second-order valence-electron chi connectivity index (χ2n) is 6.04. The summed E-state index contributed by atoms with van der Waals surface area (Å²) in [5.41, 5.74) is 3.11. The van der Waals surface area contributed by atoms with Gasteiger partial charge in [0.1, 0.15) is 0 Å². The third-order valence-electron chi connectivity index (χ3n) is 3.91. The van der Waals surface area contributed by atoms with Crippen molar-refractivity contribution >= 4 is 17.7 Å². The van der Waals surface area contributed by atoms with Gasteiger partial charge in [0.15, 0.2) is 6.54 Å². The summed E-state index contributed by atoms with van der Waals surface area (Å²) < 4.78 is 5.00. The molecule has 1 heterocycles. The van der Waals surface area contributed by atoms with E-state index in [1.165, 1.54) is 4.90 Å². The molecule has 0 saturated carbocycles. The van der Waals surface area contributed by atoms with Gasteiger partial charge in [-0.2, -0.15) is 0 Å². The molecule has 6 heteroatoms. The van der Waals surface area contributed by atoms with Gasteiger partial charge in [0.2, 0.25) is 0 Å². The second-order valence-corrected chi connectivity index (χ2v) is 6.04. The second kappa shape index (κ2) is 7.97. The van der Waals surface area contributed by atoms with Crippen molar-refractivity contribution in [3.05, 3.63) is 29.3 Å². The van der Waals surface area contributed by atoms with E-state index in [0.29, 0.717) is 26.2 Å². The lowest BCUT2D eigenvalue weighted by Crippen LogP contribution is -3.15. The predicted octanol–water partition coefficient (Wildman–Crippen LogP) is 0.599. The number of carbonyl (C=O) groups excluding carboxylic acids is 2. The van der Waals surface area contributed by atoms with E-state index in [1.54, 1.807) is 11.8 Å². The Hall–Kier alpha value is -2.08. The van der Waals surface area contributed by atoms with E-state index < -0.39 is 0 Å². The number of nitrogens with zero attached hydrogens (tertiary/aromatic N) is 1. The summed E-state index contributed by atoms with van der Waals surface area (Å²) in [4.78, 5) is 26.7. The van der Waals surface area contributed by atoms with Gasteiger partial charge >= 0.3 is 6.09 Å². The summed E-state index contributed by atoms with van der Waals surface area (Å²) in [6.07, 6.45) is -0.258. The average Bonchev–Trinajstić information content (AvgIpc) is 2.47. The predicted molar refractivity (Wildman–Crippen MR) is 88.7 cm³/mol. The molecule has 1 aliphatic rings. The zero-order chi connectivity index (χ0) is 16.8. The molecule has 1 aromatic rings. The molecule has 0 unspecified atom stereocenters. The highest BCUT2D eigenvalue weighted by Gasteiger charge is 2.25. The molecule has 126 valence electrons. The lowest BCUT2D eigenvalue weighted by molar-refractivity contribution is -0.895. The molecular weight excluding hydrogens is 294 g/mol. The first-order valence-electron chi connectivity index (χ1n) is 8.11. The van der Waals surface area contributed by atoms with Crippen LogP contribution in [0.25, 0.3) is 0 Å². The van der Waals surface area contributed by atoms with Crippen molar-refractivity contribution in [1.82, 2.24) is 4.90 Å². The Morgan fingerprint density at radius 1 is 1.17 bits per heavy atom. The highest BCUT2D eigenvalue weighted by molar-refractivity contribution is 5.91. The molecule has 1 aromatic carbocycles. The van der Waals surface area contributed by atoms with Crippen LogP contribution in [0.15, 0.2) is 18.2 Å². The molecule has 6 nitrogen and oxygen atoms in total. The van der Waals surface area contributed by atoms with E-state index in [4.69, 9.17) is 4.74 Å². The largest absolute Gasteiger partial charge is 0.450 e. The fourth-order valence-corrected chi connectivity index (χ4v) is 2.88. The molecule has 0 atom stereocenters. The van der Waals surface area contributed by atoms with Crippen molar-refractivity contribution in [1.29, 1.82) is 0 Å². The molecule has 0 aromatic heterocycles. The van der Waals surface area contributed by atoms with Crippen LogP contribution in [-0.2, 0) is 9.53 Å². The van der Waals surface area contributed by atoms with Crippen LogP contribution in [0, 0.1) is 13.8 Å². The number of benzene rings is 1. The summed E-state index contributed by atoms with van der Waals surface area (Å²) in [5.74, 6) is 0.00887. The highest BCUT2D eigenvalue weighted by Crippen LogP contribution is 2.13. The number of anilines is 1. The fourth-order valence-electron chi connectivity index (χ4n) is 2.88. The number of hydrogen-bond donors (Lipinski definition) is 2. The smallest absolute Gasteiger partial charge is 0.410 e. The maximum atomic E-state index is 12.2. The SMILES string of the molecule is CCOC(=O)N1CC[NH+](CC(=O)Nc2cc(C)cc(C)c2)CC1. The van der Waals surface area contributed by atoms with Gasteiger partial charge in [-0.15, -0.1) is 0 Å². The van der Waals surface area contributed by atoms with E-state index in [0.717, 1.165) is 29.9 Å². The maximum Gasteiger partial charge on any atom is 0.410 e. The van der Waals surface area contributed by atoms with Gasteiger partial charge in [-0.25, -0.2) is 4.79 Å². The summed E-state index contributed by atoms with van der Waals surface area (Å²) >= 11 is 0. The third-order valence-corrected chi connectivity index (χ3v) is 3.91. The Labute approximate surface area is 137 Å². The summed E-state index contributed by atoms with van der Waals surface area (Å²) in [6.45, 7) is 9.43. The molecule has 0 spiro atoms. The van der Waals surface area contributed by atoms with Crippen molar-refractivity contribution in [2.24, 2.45) is 0 Å². The Morgan fingerprint density at radius 3 is 2.35 bits per heavy atom. The van der Waals surface area contributed by atoms with Crippen LogP contribution in [-0.4, -0.2) is 56.2 Å². The standard InChI is InChI=1S/C17H25N3O3/c1-4-23-17(22)20-7-5-19(6-8-20)12-16(21)18-15-10-13(2)9-14(3)11-15/h9-11H,4-8,12H2,1-3H3,(H,18,21)/p+1. The van der Waals surface area contributed by atoms with E-state index in [9.17, 15) is 9.59 Å². The summed E-state index contributed by atoms with van der Waals surface area (Å²) in [7, 11) is 0. The normalized spacial score (nSPS) is 15.3. The first-order valence-corrected chi connectivity index (χ1v) is 8.11. The number of nitrogens with one attached hydrogen (secondary N) is 2. The van der Waals surface area contributed by atoms with E-state index in [-0.39, 0.29) is 12.0 Å². The molecule has 23 heavy (non-hydrogen) atoms. The van der Waals surface area contributed by atoms with Crippen LogP contribution in [0.2, 0.25) is 0 Å². The lowest BCUT2D eigenvalue weighted by Gasteiger charge is -2.31. The van der Waals surface area contributed by atoms with E-state index >= 15 is 0 Å². The van der Waals surface area contributed by atoms with Crippen molar-refractivity contribution in [3.63, 3.8) is 0 Å². The van der Waals surface area contributed by atoms with Gasteiger partial charge in [-0.3, -0.25) is 9.69 Å². The van der Waals surface area contributed by atoms with Crippen LogP contribution < -0.4 is 10.2 Å². The maximum absolute atomic E-state index is 12.2. The number of ether oxygens (including phenoxy) is 1. The van der Waals surface area contributed by atoms with Crippen LogP contribution in [0.5, 0.6) is 0 Å². The third kappa shape index (κ3) is 5.25. The monoisotopic (exact) mass is 320 g/mol.